The minimum Gasteiger partial charge on any atom is -0.366 e. The SMILES string of the molecule is CC(C)c1ccccc1-n1c(SCC(=O)Nc2sccc2C(N)=O)nnc1-c1cccnc1. The van der Waals surface area contributed by atoms with Crippen LogP contribution in [-0.2, 0) is 4.79 Å². The van der Waals surface area contributed by atoms with Crippen LogP contribution in [0.25, 0.3) is 17.1 Å². The Hall–Kier alpha value is -3.50. The highest BCUT2D eigenvalue weighted by molar-refractivity contribution is 7.99. The molecule has 0 saturated heterocycles. The molecule has 4 aromatic rings. The molecule has 0 saturated carbocycles. The van der Waals surface area contributed by atoms with Crippen LogP contribution >= 0.6 is 23.1 Å². The number of carbonyl (C=O) groups excluding carboxylic acids is 2. The summed E-state index contributed by atoms with van der Waals surface area (Å²) in [4.78, 5) is 28.3. The molecule has 0 unspecified atom stereocenters. The second-order valence-corrected chi connectivity index (χ2v) is 9.32. The van der Waals surface area contributed by atoms with Crippen LogP contribution in [0.1, 0.15) is 35.7 Å². The number of hydrogen-bond acceptors (Lipinski definition) is 7. The lowest BCUT2D eigenvalue weighted by Gasteiger charge is -2.16. The van der Waals surface area contributed by atoms with Gasteiger partial charge in [-0.3, -0.25) is 19.1 Å². The third kappa shape index (κ3) is 4.96. The average Bonchev–Trinajstić information content (AvgIpc) is 3.45. The van der Waals surface area contributed by atoms with E-state index < -0.39 is 5.91 Å². The van der Waals surface area contributed by atoms with Crippen LogP contribution in [0.2, 0.25) is 0 Å². The van der Waals surface area contributed by atoms with Crippen LogP contribution in [0.15, 0.2) is 65.4 Å². The summed E-state index contributed by atoms with van der Waals surface area (Å²) in [7, 11) is 0. The molecule has 0 spiro atoms. The van der Waals surface area contributed by atoms with E-state index in [1.165, 1.54) is 23.1 Å². The van der Waals surface area contributed by atoms with Gasteiger partial charge in [-0.2, -0.15) is 0 Å². The molecule has 0 atom stereocenters. The number of nitrogens with one attached hydrogen (secondary N) is 1. The molecule has 2 amide bonds. The predicted octanol–water partition coefficient (Wildman–Crippen LogP) is 4.34. The van der Waals surface area contributed by atoms with Gasteiger partial charge in [0.2, 0.25) is 5.91 Å². The number of anilines is 1. The first-order valence-corrected chi connectivity index (χ1v) is 12.1. The number of hydrogen-bond donors (Lipinski definition) is 2. The summed E-state index contributed by atoms with van der Waals surface area (Å²) in [6, 6.07) is 13.4. The summed E-state index contributed by atoms with van der Waals surface area (Å²) in [5.74, 6) is 0.168. The van der Waals surface area contributed by atoms with Crippen molar-refractivity contribution in [3.63, 3.8) is 0 Å². The number of carbonyl (C=O) groups is 2. The summed E-state index contributed by atoms with van der Waals surface area (Å²) in [5, 5.41) is 14.3. The molecule has 8 nitrogen and oxygen atoms in total. The van der Waals surface area contributed by atoms with E-state index in [1.807, 2.05) is 34.9 Å². The van der Waals surface area contributed by atoms with E-state index in [0.29, 0.717) is 21.5 Å². The Kier molecular flexibility index (Phi) is 6.85. The number of primary amides is 1. The van der Waals surface area contributed by atoms with Gasteiger partial charge < -0.3 is 11.1 Å². The van der Waals surface area contributed by atoms with Gasteiger partial charge in [0.15, 0.2) is 11.0 Å². The summed E-state index contributed by atoms with van der Waals surface area (Å²) < 4.78 is 1.96. The minimum atomic E-state index is -0.578. The quantitative estimate of drug-likeness (QED) is 0.364. The van der Waals surface area contributed by atoms with Gasteiger partial charge in [-0.05, 0) is 41.1 Å². The van der Waals surface area contributed by atoms with Crippen molar-refractivity contribution in [2.24, 2.45) is 5.73 Å². The second-order valence-electron chi connectivity index (χ2n) is 7.46. The van der Waals surface area contributed by atoms with Gasteiger partial charge in [-0.25, -0.2) is 0 Å². The Morgan fingerprint density at radius 2 is 1.97 bits per heavy atom. The standard InChI is InChI=1S/C23H22N6O2S2/c1-14(2)16-7-3-4-8-18(16)29-21(15-6-5-10-25-12-15)27-28-23(29)33-13-19(30)26-22-17(20(24)31)9-11-32-22/h3-12,14H,13H2,1-2H3,(H2,24,31)(H,26,30). The molecular formula is C23H22N6O2S2. The van der Waals surface area contributed by atoms with E-state index in [0.717, 1.165) is 16.8 Å². The molecule has 0 aliphatic rings. The fraction of sp³-hybridized carbons (Fsp3) is 0.174. The Morgan fingerprint density at radius 1 is 1.15 bits per heavy atom. The molecule has 4 rings (SSSR count). The van der Waals surface area contributed by atoms with E-state index in [-0.39, 0.29) is 17.6 Å². The molecule has 0 aliphatic carbocycles. The number of aromatic nitrogens is 4. The molecule has 0 fully saturated rings. The van der Waals surface area contributed by atoms with Crippen LogP contribution in [0, 0.1) is 0 Å². The lowest BCUT2D eigenvalue weighted by atomic mass is 10.0. The van der Waals surface area contributed by atoms with Gasteiger partial charge in [-0.1, -0.05) is 43.8 Å². The first-order valence-electron chi connectivity index (χ1n) is 10.2. The topological polar surface area (TPSA) is 116 Å². The fourth-order valence-electron chi connectivity index (χ4n) is 3.33. The van der Waals surface area contributed by atoms with Gasteiger partial charge >= 0.3 is 0 Å². The zero-order valence-corrected chi connectivity index (χ0v) is 19.7. The molecule has 0 aliphatic heterocycles. The highest BCUT2D eigenvalue weighted by Crippen LogP contribution is 2.32. The van der Waals surface area contributed by atoms with Crippen molar-refractivity contribution in [2.75, 3.05) is 11.1 Å². The number of amides is 2. The Bertz CT molecular complexity index is 1280. The van der Waals surface area contributed by atoms with Crippen molar-refractivity contribution in [1.82, 2.24) is 19.7 Å². The first kappa shape index (κ1) is 22.7. The van der Waals surface area contributed by atoms with Crippen LogP contribution in [0.4, 0.5) is 5.00 Å². The van der Waals surface area contributed by atoms with Crippen molar-refractivity contribution in [1.29, 1.82) is 0 Å². The van der Waals surface area contributed by atoms with Gasteiger partial charge in [0.05, 0.1) is 17.0 Å². The van der Waals surface area contributed by atoms with Gasteiger partial charge in [-0.15, -0.1) is 21.5 Å². The minimum absolute atomic E-state index is 0.0884. The van der Waals surface area contributed by atoms with Crippen LogP contribution < -0.4 is 11.1 Å². The average molecular weight is 479 g/mol. The molecule has 0 bridgehead atoms. The highest BCUT2D eigenvalue weighted by Gasteiger charge is 2.21. The normalized spacial score (nSPS) is 11.0. The molecule has 3 aromatic heterocycles. The number of para-hydroxylation sites is 1. The van der Waals surface area contributed by atoms with Crippen LogP contribution in [-0.4, -0.2) is 37.3 Å². The van der Waals surface area contributed by atoms with Gasteiger partial charge in [0, 0.05) is 18.0 Å². The number of nitrogens with zero attached hydrogens (tertiary/aromatic N) is 4. The van der Waals surface area contributed by atoms with E-state index in [4.69, 9.17) is 5.73 Å². The Balaban J connectivity index is 1.65. The molecule has 10 heteroatoms. The van der Waals surface area contributed by atoms with Gasteiger partial charge in [0.1, 0.15) is 5.00 Å². The van der Waals surface area contributed by atoms with Crippen molar-refractivity contribution in [3.8, 4) is 17.1 Å². The Labute approximate surface area is 199 Å². The van der Waals surface area contributed by atoms with E-state index in [1.54, 1.807) is 23.8 Å². The van der Waals surface area contributed by atoms with E-state index >= 15 is 0 Å². The lowest BCUT2D eigenvalue weighted by molar-refractivity contribution is -0.113. The summed E-state index contributed by atoms with van der Waals surface area (Å²) in [6.07, 6.45) is 3.44. The molecular weight excluding hydrogens is 456 g/mol. The zero-order chi connectivity index (χ0) is 23.4. The monoisotopic (exact) mass is 478 g/mol. The van der Waals surface area contributed by atoms with Crippen LogP contribution in [0.3, 0.4) is 0 Å². The number of nitrogens with two attached hydrogens (primary N) is 1. The number of pyridine rings is 1. The number of thioether (sulfide) groups is 1. The first-order chi connectivity index (χ1) is 16.0. The lowest BCUT2D eigenvalue weighted by Crippen LogP contribution is -2.18. The molecule has 0 radical (unpaired) electrons. The predicted molar refractivity (Wildman–Crippen MR) is 131 cm³/mol. The maximum Gasteiger partial charge on any atom is 0.251 e. The molecule has 3 N–H and O–H groups in total. The van der Waals surface area contributed by atoms with Crippen molar-refractivity contribution in [2.45, 2.75) is 24.9 Å². The van der Waals surface area contributed by atoms with Gasteiger partial charge in [0.25, 0.3) is 5.91 Å². The summed E-state index contributed by atoms with van der Waals surface area (Å²) >= 11 is 2.52. The molecule has 3 heterocycles. The fourth-order valence-corrected chi connectivity index (χ4v) is 4.89. The van der Waals surface area contributed by atoms with Crippen LogP contribution in [0.5, 0.6) is 0 Å². The molecule has 168 valence electrons. The summed E-state index contributed by atoms with van der Waals surface area (Å²) in [5.41, 5.74) is 8.58. The van der Waals surface area contributed by atoms with Crippen molar-refractivity contribution in [3.05, 3.63) is 71.4 Å². The molecule has 1 aromatic carbocycles. The van der Waals surface area contributed by atoms with E-state index in [2.05, 4.69) is 40.4 Å². The highest BCUT2D eigenvalue weighted by atomic mass is 32.2. The number of benzene rings is 1. The molecule has 33 heavy (non-hydrogen) atoms. The van der Waals surface area contributed by atoms with Crippen molar-refractivity contribution >= 4 is 39.9 Å². The Morgan fingerprint density at radius 3 is 2.70 bits per heavy atom. The third-order valence-electron chi connectivity index (χ3n) is 4.87. The smallest absolute Gasteiger partial charge is 0.251 e. The maximum absolute atomic E-state index is 12.6. The largest absolute Gasteiger partial charge is 0.366 e. The zero-order valence-electron chi connectivity index (χ0n) is 18.1. The van der Waals surface area contributed by atoms with Crippen molar-refractivity contribution < 1.29 is 9.59 Å². The summed E-state index contributed by atoms with van der Waals surface area (Å²) in [6.45, 7) is 4.26. The number of thiophene rings is 1. The number of rotatable bonds is 8. The van der Waals surface area contributed by atoms with E-state index in [9.17, 15) is 9.59 Å². The third-order valence-corrected chi connectivity index (χ3v) is 6.63. The maximum atomic E-state index is 12.6. The second kappa shape index (κ2) is 9.97.